The van der Waals surface area contributed by atoms with Crippen LogP contribution in [0.3, 0.4) is 0 Å². The molecule has 0 aliphatic carbocycles. The van der Waals surface area contributed by atoms with Crippen LogP contribution in [0.25, 0.3) is 0 Å². The maximum atomic E-state index is 13.0. The van der Waals surface area contributed by atoms with Crippen LogP contribution in [0.4, 0.5) is 0 Å². The van der Waals surface area contributed by atoms with Crippen LogP contribution in [0.2, 0.25) is 0 Å². The van der Waals surface area contributed by atoms with Gasteiger partial charge in [-0.1, -0.05) is 0 Å². The number of carbonyl (C=O) groups excluding carboxylic acids is 6. The fourth-order valence-electron chi connectivity index (χ4n) is 3.08. The minimum atomic E-state index is -1.83. The Hall–Kier alpha value is -4.46. The standard InChI is InChI=1S/C21H33N7O12S/c1-41-3-2-9(18(36)28-12(21(39)40)7-16(33)34)25-19(37)11(6-14(24)30)27-20(38)10(5-13(23)29)26-17(35)8(22)4-15(31)32/h8-12H,2-7,22H2,1H3,(H2,23,29)(H2,24,30)(H,25,37)(H,26,35)(H,27,38)(H,28,36)(H,31,32)(H,33,34)(H,39,40)/t8-,9-,10-,11-,12-/m0/s1. The van der Waals surface area contributed by atoms with E-state index in [9.17, 15) is 48.3 Å². The Morgan fingerprint density at radius 1 is 0.610 bits per heavy atom. The van der Waals surface area contributed by atoms with Crippen LogP contribution < -0.4 is 38.5 Å². The van der Waals surface area contributed by atoms with E-state index in [1.165, 1.54) is 11.8 Å². The molecular weight excluding hydrogens is 574 g/mol. The van der Waals surface area contributed by atoms with E-state index >= 15 is 0 Å². The molecule has 0 aromatic rings. The molecule has 0 saturated carbocycles. The average Bonchev–Trinajstić information content (AvgIpc) is 2.83. The van der Waals surface area contributed by atoms with Crippen LogP contribution in [0, 0.1) is 0 Å². The highest BCUT2D eigenvalue weighted by Gasteiger charge is 2.33. The molecule has 13 N–H and O–H groups in total. The van der Waals surface area contributed by atoms with Crippen molar-refractivity contribution in [2.24, 2.45) is 17.2 Å². The summed E-state index contributed by atoms with van der Waals surface area (Å²) in [6.45, 7) is 0. The zero-order valence-corrected chi connectivity index (χ0v) is 22.6. The van der Waals surface area contributed by atoms with E-state index in [2.05, 4.69) is 10.6 Å². The molecule has 41 heavy (non-hydrogen) atoms. The van der Waals surface area contributed by atoms with Gasteiger partial charge < -0.3 is 53.8 Å². The van der Waals surface area contributed by atoms with Crippen molar-refractivity contribution in [3.63, 3.8) is 0 Å². The fourth-order valence-corrected chi connectivity index (χ4v) is 3.55. The van der Waals surface area contributed by atoms with Gasteiger partial charge in [0.1, 0.15) is 24.2 Å². The molecule has 0 bridgehead atoms. The number of aliphatic carboxylic acids is 3. The molecule has 0 aromatic heterocycles. The van der Waals surface area contributed by atoms with Gasteiger partial charge in [0.2, 0.25) is 35.4 Å². The highest BCUT2D eigenvalue weighted by Crippen LogP contribution is 2.05. The highest BCUT2D eigenvalue weighted by molar-refractivity contribution is 7.98. The predicted molar refractivity (Wildman–Crippen MR) is 138 cm³/mol. The van der Waals surface area contributed by atoms with Gasteiger partial charge >= 0.3 is 17.9 Å². The summed E-state index contributed by atoms with van der Waals surface area (Å²) in [7, 11) is 0. The Labute approximate surface area is 236 Å². The Morgan fingerprint density at radius 2 is 1.00 bits per heavy atom. The summed E-state index contributed by atoms with van der Waals surface area (Å²) in [4.78, 5) is 107. The van der Waals surface area contributed by atoms with Crippen LogP contribution in [-0.2, 0) is 43.2 Å². The largest absolute Gasteiger partial charge is 0.481 e. The van der Waals surface area contributed by atoms with Crippen molar-refractivity contribution in [3.8, 4) is 0 Å². The van der Waals surface area contributed by atoms with Crippen LogP contribution >= 0.6 is 11.8 Å². The molecular formula is C21H33N7O12S. The van der Waals surface area contributed by atoms with Crippen LogP contribution in [0.5, 0.6) is 0 Å². The Morgan fingerprint density at radius 3 is 1.39 bits per heavy atom. The van der Waals surface area contributed by atoms with Crippen molar-refractivity contribution in [1.29, 1.82) is 0 Å². The molecule has 0 spiro atoms. The third-order valence-corrected chi connectivity index (χ3v) is 5.69. The first-order valence-electron chi connectivity index (χ1n) is 11.7. The first kappa shape index (κ1) is 36.5. The second-order valence-corrected chi connectivity index (χ2v) is 9.49. The molecule has 19 nitrogen and oxygen atoms in total. The van der Waals surface area contributed by atoms with E-state index in [1.54, 1.807) is 6.26 Å². The lowest BCUT2D eigenvalue weighted by molar-refractivity contribution is -0.147. The van der Waals surface area contributed by atoms with Gasteiger partial charge in [-0.2, -0.15) is 11.8 Å². The van der Waals surface area contributed by atoms with Crippen molar-refractivity contribution in [3.05, 3.63) is 0 Å². The fraction of sp³-hybridized carbons (Fsp3) is 0.571. The highest BCUT2D eigenvalue weighted by atomic mass is 32.2. The number of carboxylic acid groups (broad SMARTS) is 3. The van der Waals surface area contributed by atoms with E-state index in [0.717, 1.165) is 0 Å². The van der Waals surface area contributed by atoms with Crippen molar-refractivity contribution in [2.75, 3.05) is 12.0 Å². The number of rotatable bonds is 20. The van der Waals surface area contributed by atoms with Gasteiger partial charge in [-0.05, 0) is 18.4 Å². The maximum Gasteiger partial charge on any atom is 0.326 e. The number of thioether (sulfide) groups is 1. The second kappa shape index (κ2) is 18.0. The van der Waals surface area contributed by atoms with Gasteiger partial charge in [0.15, 0.2) is 0 Å². The maximum absolute atomic E-state index is 13.0. The SMILES string of the molecule is CSCC[C@H](NC(=O)[C@H](CC(N)=O)NC(=O)[C@H](CC(N)=O)NC(=O)[C@@H](N)CC(=O)O)C(=O)N[C@@H](CC(=O)O)C(=O)O. The lowest BCUT2D eigenvalue weighted by Gasteiger charge is -2.25. The monoisotopic (exact) mass is 607 g/mol. The zero-order chi connectivity index (χ0) is 31.9. The number of nitrogens with one attached hydrogen (secondary N) is 4. The van der Waals surface area contributed by atoms with Gasteiger partial charge in [-0.25, -0.2) is 4.79 Å². The Bertz CT molecular complexity index is 1040. The van der Waals surface area contributed by atoms with Gasteiger partial charge in [0.25, 0.3) is 0 Å². The number of primary amides is 2. The minimum Gasteiger partial charge on any atom is -0.481 e. The third kappa shape index (κ3) is 15.1. The third-order valence-electron chi connectivity index (χ3n) is 5.04. The molecule has 20 heteroatoms. The van der Waals surface area contributed by atoms with E-state index in [4.69, 9.17) is 27.4 Å². The number of amides is 6. The van der Waals surface area contributed by atoms with Gasteiger partial charge in [-0.3, -0.25) is 38.4 Å². The normalized spacial score (nSPS) is 14.2. The smallest absolute Gasteiger partial charge is 0.326 e. The minimum absolute atomic E-state index is 0.0861. The Kier molecular flexibility index (Phi) is 16.0. The van der Waals surface area contributed by atoms with E-state index < -0.39 is 109 Å². The molecule has 0 aliphatic heterocycles. The van der Waals surface area contributed by atoms with Crippen LogP contribution in [-0.4, -0.2) is 111 Å². The summed E-state index contributed by atoms with van der Waals surface area (Å²) in [5.74, 6) is -11.1. The van der Waals surface area contributed by atoms with Crippen molar-refractivity contribution in [1.82, 2.24) is 21.3 Å². The topological polar surface area (TPSA) is 340 Å². The molecule has 0 rings (SSSR count). The summed E-state index contributed by atoms with van der Waals surface area (Å²) < 4.78 is 0. The average molecular weight is 608 g/mol. The quantitative estimate of drug-likeness (QED) is 0.0618. The van der Waals surface area contributed by atoms with Gasteiger partial charge in [0, 0.05) is 0 Å². The number of hydrogen-bond donors (Lipinski definition) is 10. The molecule has 0 radical (unpaired) electrons. The summed E-state index contributed by atoms with van der Waals surface area (Å²) in [6.07, 6.45) is -1.86. The number of carbonyl (C=O) groups is 9. The van der Waals surface area contributed by atoms with Crippen molar-refractivity contribution < 1.29 is 58.5 Å². The molecule has 0 saturated heterocycles. The van der Waals surface area contributed by atoms with Crippen molar-refractivity contribution in [2.45, 2.75) is 62.3 Å². The number of nitrogens with two attached hydrogens (primary N) is 3. The molecule has 0 aromatic carbocycles. The van der Waals surface area contributed by atoms with Crippen LogP contribution in [0.1, 0.15) is 32.1 Å². The van der Waals surface area contributed by atoms with Gasteiger partial charge in [-0.15, -0.1) is 0 Å². The predicted octanol–water partition coefficient (Wildman–Crippen LogP) is -5.21. The van der Waals surface area contributed by atoms with Gasteiger partial charge in [0.05, 0.1) is 31.7 Å². The second-order valence-electron chi connectivity index (χ2n) is 8.51. The first-order valence-corrected chi connectivity index (χ1v) is 13.1. The lowest BCUT2D eigenvalue weighted by atomic mass is 10.1. The molecule has 0 fully saturated rings. The molecule has 5 atom stereocenters. The van der Waals surface area contributed by atoms with Crippen LogP contribution in [0.15, 0.2) is 0 Å². The molecule has 230 valence electrons. The number of carboxylic acids is 3. The summed E-state index contributed by atoms with van der Waals surface area (Å²) in [5.41, 5.74) is 15.7. The van der Waals surface area contributed by atoms with Crippen molar-refractivity contribution >= 4 is 65.1 Å². The number of hydrogen-bond acceptors (Lipinski definition) is 11. The molecule has 0 unspecified atom stereocenters. The molecule has 0 heterocycles. The lowest BCUT2D eigenvalue weighted by Crippen LogP contribution is -2.59. The molecule has 6 amide bonds. The van der Waals surface area contributed by atoms with E-state index in [-0.39, 0.29) is 12.2 Å². The summed E-state index contributed by atoms with van der Waals surface area (Å²) in [6, 6.07) is -8.44. The summed E-state index contributed by atoms with van der Waals surface area (Å²) >= 11 is 1.24. The van der Waals surface area contributed by atoms with E-state index in [1.807, 2.05) is 10.6 Å². The van der Waals surface area contributed by atoms with E-state index in [0.29, 0.717) is 0 Å². The zero-order valence-electron chi connectivity index (χ0n) is 21.8. The summed E-state index contributed by atoms with van der Waals surface area (Å²) in [5, 5.41) is 35.2. The molecule has 0 aliphatic rings. The Balaban J connectivity index is 5.88. The first-order chi connectivity index (χ1) is 19.0.